The minimum atomic E-state index is -1.77. The Morgan fingerprint density at radius 2 is 1.88 bits per heavy atom. The van der Waals surface area contributed by atoms with Crippen LogP contribution in [0.4, 0.5) is 0 Å². The fourth-order valence-corrected chi connectivity index (χ4v) is 1.69. The second-order valence-corrected chi connectivity index (χ2v) is 3.96. The van der Waals surface area contributed by atoms with Gasteiger partial charge >= 0.3 is 0 Å². The Balaban J connectivity index is 3.10. The number of ketones is 1. The summed E-state index contributed by atoms with van der Waals surface area (Å²) in [7, 11) is 0. The third-order valence-corrected chi connectivity index (χ3v) is 2.47. The van der Waals surface area contributed by atoms with Gasteiger partial charge in [0.1, 0.15) is 5.78 Å². The Morgan fingerprint density at radius 1 is 1.29 bits per heavy atom. The van der Waals surface area contributed by atoms with Gasteiger partial charge in [-0.25, -0.2) is 0 Å². The summed E-state index contributed by atoms with van der Waals surface area (Å²) in [6, 6.07) is 8.51. The van der Waals surface area contributed by atoms with Crippen molar-refractivity contribution in [2.45, 2.75) is 25.9 Å². The molecule has 17 heavy (non-hydrogen) atoms. The highest BCUT2D eigenvalue weighted by atomic mass is 16.3. The highest BCUT2D eigenvalue weighted by Crippen LogP contribution is 2.25. The zero-order valence-corrected chi connectivity index (χ0v) is 10.1. The van der Waals surface area contributed by atoms with Gasteiger partial charge in [0, 0.05) is 13.0 Å². The highest BCUT2D eigenvalue weighted by Gasteiger charge is 2.38. The highest BCUT2D eigenvalue weighted by molar-refractivity contribution is 5.91. The molecule has 0 saturated carbocycles. The maximum absolute atomic E-state index is 11.9. The minimum absolute atomic E-state index is 0.219. The van der Waals surface area contributed by atoms with Gasteiger partial charge in [0.05, 0.1) is 0 Å². The molecular formula is C13H17NO3. The van der Waals surface area contributed by atoms with Crippen LogP contribution in [0.5, 0.6) is 0 Å². The van der Waals surface area contributed by atoms with Crippen molar-refractivity contribution >= 4 is 11.7 Å². The largest absolute Gasteiger partial charge is 0.375 e. The molecule has 0 aliphatic rings. The van der Waals surface area contributed by atoms with Crippen LogP contribution < -0.4 is 5.32 Å². The Morgan fingerprint density at radius 3 is 2.35 bits per heavy atom. The topological polar surface area (TPSA) is 66.4 Å². The van der Waals surface area contributed by atoms with Crippen LogP contribution in [0, 0.1) is 0 Å². The quantitative estimate of drug-likeness (QED) is 0.799. The molecule has 0 aliphatic heterocycles. The first-order chi connectivity index (χ1) is 8.00. The zero-order valence-electron chi connectivity index (χ0n) is 10.1. The molecule has 1 aromatic carbocycles. The molecule has 1 unspecified atom stereocenters. The van der Waals surface area contributed by atoms with Crippen molar-refractivity contribution in [3.8, 4) is 0 Å². The van der Waals surface area contributed by atoms with E-state index in [4.69, 9.17) is 0 Å². The molecule has 1 rings (SSSR count). The van der Waals surface area contributed by atoms with Crippen molar-refractivity contribution in [1.29, 1.82) is 0 Å². The van der Waals surface area contributed by atoms with Crippen LogP contribution in [0.25, 0.3) is 0 Å². The lowest BCUT2D eigenvalue weighted by atomic mass is 9.88. The van der Waals surface area contributed by atoms with Crippen LogP contribution in [-0.4, -0.2) is 23.3 Å². The zero-order chi connectivity index (χ0) is 12.9. The average molecular weight is 235 g/mol. The molecule has 0 saturated heterocycles. The second kappa shape index (κ2) is 5.59. The van der Waals surface area contributed by atoms with E-state index < -0.39 is 11.5 Å². The van der Waals surface area contributed by atoms with Crippen LogP contribution in [0.3, 0.4) is 0 Å². The molecule has 1 amide bonds. The van der Waals surface area contributed by atoms with E-state index in [0.717, 1.165) is 0 Å². The summed E-state index contributed by atoms with van der Waals surface area (Å²) in [4.78, 5) is 23.1. The van der Waals surface area contributed by atoms with Gasteiger partial charge in [-0.1, -0.05) is 30.3 Å². The van der Waals surface area contributed by atoms with E-state index in [-0.39, 0.29) is 12.2 Å². The SMILES string of the molecule is CCNC(=O)C(O)(CC(C)=O)c1ccccc1. The normalized spacial score (nSPS) is 13.8. The minimum Gasteiger partial charge on any atom is -0.375 e. The molecule has 92 valence electrons. The Labute approximate surface area is 101 Å². The van der Waals surface area contributed by atoms with Crippen LogP contribution in [0.2, 0.25) is 0 Å². The van der Waals surface area contributed by atoms with Crippen molar-refractivity contribution in [1.82, 2.24) is 5.32 Å². The van der Waals surface area contributed by atoms with Gasteiger partial charge in [0.15, 0.2) is 5.60 Å². The first kappa shape index (κ1) is 13.4. The van der Waals surface area contributed by atoms with E-state index in [9.17, 15) is 14.7 Å². The maximum Gasteiger partial charge on any atom is 0.257 e. The molecule has 0 fully saturated rings. The van der Waals surface area contributed by atoms with Gasteiger partial charge in [0.25, 0.3) is 5.91 Å². The van der Waals surface area contributed by atoms with Gasteiger partial charge in [-0.3, -0.25) is 9.59 Å². The molecule has 0 spiro atoms. The molecule has 0 radical (unpaired) electrons. The van der Waals surface area contributed by atoms with Crippen LogP contribution in [-0.2, 0) is 15.2 Å². The second-order valence-electron chi connectivity index (χ2n) is 3.96. The van der Waals surface area contributed by atoms with E-state index in [1.54, 1.807) is 37.3 Å². The van der Waals surface area contributed by atoms with E-state index in [1.807, 2.05) is 0 Å². The molecule has 4 nitrogen and oxygen atoms in total. The Hall–Kier alpha value is -1.68. The number of aliphatic hydroxyl groups is 1. The molecule has 0 aliphatic carbocycles. The third-order valence-electron chi connectivity index (χ3n) is 2.47. The lowest BCUT2D eigenvalue weighted by molar-refractivity contribution is -0.145. The molecule has 4 heteroatoms. The van der Waals surface area contributed by atoms with Crippen molar-refractivity contribution in [3.63, 3.8) is 0 Å². The standard InChI is InChI=1S/C13H17NO3/c1-3-14-12(16)13(17,9-10(2)15)11-7-5-4-6-8-11/h4-8,17H,3,9H2,1-2H3,(H,14,16). The molecule has 1 aromatic rings. The molecular weight excluding hydrogens is 218 g/mol. The first-order valence-corrected chi connectivity index (χ1v) is 5.56. The van der Waals surface area contributed by atoms with Gasteiger partial charge in [-0.15, -0.1) is 0 Å². The van der Waals surface area contributed by atoms with Crippen molar-refractivity contribution in [2.24, 2.45) is 0 Å². The Bertz CT molecular complexity index is 402. The number of carbonyl (C=O) groups excluding carboxylic acids is 2. The number of likely N-dealkylation sites (N-methyl/N-ethyl adjacent to an activating group) is 1. The fourth-order valence-electron chi connectivity index (χ4n) is 1.69. The number of hydrogen-bond acceptors (Lipinski definition) is 3. The number of Topliss-reactive ketones (excluding diaryl/α,β-unsaturated/α-hetero) is 1. The van der Waals surface area contributed by atoms with Crippen molar-refractivity contribution < 1.29 is 14.7 Å². The lowest BCUT2D eigenvalue weighted by Crippen LogP contribution is -2.45. The fraction of sp³-hybridized carbons (Fsp3) is 0.385. The summed E-state index contributed by atoms with van der Waals surface area (Å²) in [6.45, 7) is 3.52. The smallest absolute Gasteiger partial charge is 0.257 e. The van der Waals surface area contributed by atoms with Gasteiger partial charge < -0.3 is 10.4 Å². The predicted molar refractivity (Wildman–Crippen MR) is 64.3 cm³/mol. The van der Waals surface area contributed by atoms with Crippen molar-refractivity contribution in [3.05, 3.63) is 35.9 Å². The van der Waals surface area contributed by atoms with E-state index in [1.165, 1.54) is 6.92 Å². The van der Waals surface area contributed by atoms with Crippen LogP contribution >= 0.6 is 0 Å². The first-order valence-electron chi connectivity index (χ1n) is 5.56. The van der Waals surface area contributed by atoms with Gasteiger partial charge in [-0.2, -0.15) is 0 Å². The number of amides is 1. The average Bonchev–Trinajstić information content (AvgIpc) is 2.29. The lowest BCUT2D eigenvalue weighted by Gasteiger charge is -2.26. The molecule has 1 atom stereocenters. The summed E-state index contributed by atoms with van der Waals surface area (Å²) >= 11 is 0. The number of rotatable bonds is 5. The van der Waals surface area contributed by atoms with Crippen LogP contribution in [0.15, 0.2) is 30.3 Å². The van der Waals surface area contributed by atoms with Gasteiger partial charge in [0.2, 0.25) is 0 Å². The van der Waals surface area contributed by atoms with E-state index in [0.29, 0.717) is 12.1 Å². The molecule has 2 N–H and O–H groups in total. The number of hydrogen-bond donors (Lipinski definition) is 2. The summed E-state index contributed by atoms with van der Waals surface area (Å²) in [5.41, 5.74) is -1.34. The third kappa shape index (κ3) is 3.14. The monoisotopic (exact) mass is 235 g/mol. The molecule has 0 aromatic heterocycles. The van der Waals surface area contributed by atoms with Crippen molar-refractivity contribution in [2.75, 3.05) is 6.54 Å². The van der Waals surface area contributed by atoms with Crippen LogP contribution in [0.1, 0.15) is 25.8 Å². The molecule has 0 heterocycles. The van der Waals surface area contributed by atoms with E-state index >= 15 is 0 Å². The molecule has 0 bridgehead atoms. The van der Waals surface area contributed by atoms with Gasteiger partial charge in [-0.05, 0) is 19.4 Å². The summed E-state index contributed by atoms with van der Waals surface area (Å²) in [6.07, 6.45) is -0.219. The maximum atomic E-state index is 11.9. The number of benzene rings is 1. The summed E-state index contributed by atoms with van der Waals surface area (Å²) < 4.78 is 0. The summed E-state index contributed by atoms with van der Waals surface area (Å²) in [5, 5.41) is 13.0. The summed E-state index contributed by atoms with van der Waals surface area (Å²) in [5.74, 6) is -0.774. The van der Waals surface area contributed by atoms with E-state index in [2.05, 4.69) is 5.32 Å². The predicted octanol–water partition coefficient (Wildman–Crippen LogP) is 0.989. The number of carbonyl (C=O) groups is 2. The number of nitrogens with one attached hydrogen (secondary N) is 1. The Kier molecular flexibility index (Phi) is 4.40.